The summed E-state index contributed by atoms with van der Waals surface area (Å²) in [4.78, 5) is 20.7. The number of carboxylic acids is 1. The number of carbonyl (C=O) groups is 1. The van der Waals surface area contributed by atoms with E-state index in [1.54, 1.807) is 0 Å². The van der Waals surface area contributed by atoms with Gasteiger partial charge in [0.1, 0.15) is 12.4 Å². The lowest BCUT2D eigenvalue weighted by molar-refractivity contribution is -0.386. The summed E-state index contributed by atoms with van der Waals surface area (Å²) in [6, 6.07) is 1.33. The molecule has 1 aromatic carbocycles. The summed E-state index contributed by atoms with van der Waals surface area (Å²) < 4.78 is 23.6. The summed E-state index contributed by atoms with van der Waals surface area (Å²) in [6.07, 6.45) is -0.0311. The van der Waals surface area contributed by atoms with Gasteiger partial charge in [0.05, 0.1) is 29.3 Å². The number of rotatable bonds is 7. The molecule has 0 aliphatic carbocycles. The molecule has 110 valence electrons. The SMILES string of the molecule is CC(C)OCCOc1cc(C(=O)O)c(F)cc1[N+](=O)[O-]. The van der Waals surface area contributed by atoms with Gasteiger partial charge >= 0.3 is 11.7 Å². The molecule has 8 heteroatoms. The Morgan fingerprint density at radius 2 is 2.10 bits per heavy atom. The number of aromatic carboxylic acids is 1. The zero-order chi connectivity index (χ0) is 15.3. The molecule has 0 heterocycles. The van der Waals surface area contributed by atoms with Crippen LogP contribution in [0.15, 0.2) is 12.1 Å². The molecule has 0 aromatic heterocycles. The molecule has 0 radical (unpaired) electrons. The highest BCUT2D eigenvalue weighted by Crippen LogP contribution is 2.30. The number of hydrogen-bond acceptors (Lipinski definition) is 5. The standard InChI is InChI=1S/C12H14FNO6/c1-7(2)19-3-4-20-11-5-8(12(15)16)9(13)6-10(11)14(17)18/h5-7H,3-4H2,1-2H3,(H,15,16). The van der Waals surface area contributed by atoms with Crippen LogP contribution < -0.4 is 4.74 Å². The predicted octanol–water partition coefficient (Wildman–Crippen LogP) is 2.24. The molecule has 0 amide bonds. The summed E-state index contributed by atoms with van der Waals surface area (Å²) in [5.74, 6) is -3.02. The Labute approximate surface area is 114 Å². The van der Waals surface area contributed by atoms with E-state index in [0.29, 0.717) is 6.07 Å². The maximum Gasteiger partial charge on any atom is 0.338 e. The van der Waals surface area contributed by atoms with Crippen molar-refractivity contribution in [3.63, 3.8) is 0 Å². The minimum absolute atomic E-state index is 0.0102. The average Bonchev–Trinajstić information content (AvgIpc) is 2.34. The number of hydrogen-bond donors (Lipinski definition) is 1. The summed E-state index contributed by atoms with van der Waals surface area (Å²) in [5, 5.41) is 19.6. The van der Waals surface area contributed by atoms with Crippen molar-refractivity contribution in [1.29, 1.82) is 0 Å². The van der Waals surface area contributed by atoms with Gasteiger partial charge in [-0.3, -0.25) is 10.1 Å². The molecule has 0 fully saturated rings. The number of nitro benzene ring substituents is 1. The van der Waals surface area contributed by atoms with Crippen LogP contribution in [0.2, 0.25) is 0 Å². The molecular weight excluding hydrogens is 273 g/mol. The van der Waals surface area contributed by atoms with Crippen molar-refractivity contribution in [2.45, 2.75) is 20.0 Å². The number of carboxylic acid groups (broad SMARTS) is 1. The van der Waals surface area contributed by atoms with Gasteiger partial charge < -0.3 is 14.6 Å². The van der Waals surface area contributed by atoms with Gasteiger partial charge in [-0.2, -0.15) is 0 Å². The number of nitro groups is 1. The number of halogens is 1. The fraction of sp³-hybridized carbons (Fsp3) is 0.417. The molecule has 0 atom stereocenters. The highest BCUT2D eigenvalue weighted by molar-refractivity contribution is 5.89. The molecule has 0 saturated carbocycles. The summed E-state index contributed by atoms with van der Waals surface area (Å²) in [6.45, 7) is 3.78. The van der Waals surface area contributed by atoms with Crippen molar-refractivity contribution < 1.29 is 28.7 Å². The van der Waals surface area contributed by atoms with E-state index < -0.39 is 28.0 Å². The van der Waals surface area contributed by atoms with E-state index in [-0.39, 0.29) is 25.1 Å². The van der Waals surface area contributed by atoms with Crippen molar-refractivity contribution in [2.75, 3.05) is 13.2 Å². The Kier molecular flexibility index (Phi) is 5.39. The predicted molar refractivity (Wildman–Crippen MR) is 66.6 cm³/mol. The topological polar surface area (TPSA) is 98.9 Å². The second kappa shape index (κ2) is 6.80. The quantitative estimate of drug-likeness (QED) is 0.469. The molecular formula is C12H14FNO6. The molecule has 20 heavy (non-hydrogen) atoms. The molecule has 0 spiro atoms. The van der Waals surface area contributed by atoms with E-state index in [0.717, 1.165) is 6.07 Å². The van der Waals surface area contributed by atoms with Crippen LogP contribution in [0.1, 0.15) is 24.2 Å². The van der Waals surface area contributed by atoms with Crippen molar-refractivity contribution >= 4 is 11.7 Å². The van der Waals surface area contributed by atoms with E-state index in [9.17, 15) is 19.3 Å². The van der Waals surface area contributed by atoms with Gasteiger partial charge in [-0.15, -0.1) is 0 Å². The van der Waals surface area contributed by atoms with Gasteiger partial charge in [0.25, 0.3) is 0 Å². The highest BCUT2D eigenvalue weighted by Gasteiger charge is 2.22. The van der Waals surface area contributed by atoms with E-state index >= 15 is 0 Å². The molecule has 0 aliphatic heterocycles. The average molecular weight is 287 g/mol. The first kappa shape index (κ1) is 15.8. The summed E-state index contributed by atoms with van der Waals surface area (Å²) >= 11 is 0. The first-order valence-corrected chi connectivity index (χ1v) is 5.78. The van der Waals surface area contributed by atoms with Gasteiger partial charge in [0, 0.05) is 6.07 Å². The van der Waals surface area contributed by atoms with Crippen LogP contribution in [0, 0.1) is 15.9 Å². The lowest BCUT2D eigenvalue weighted by atomic mass is 10.2. The second-order valence-electron chi connectivity index (χ2n) is 4.13. The van der Waals surface area contributed by atoms with E-state index in [1.165, 1.54) is 0 Å². The first-order valence-electron chi connectivity index (χ1n) is 5.78. The third kappa shape index (κ3) is 4.16. The molecule has 7 nitrogen and oxygen atoms in total. The Bertz CT molecular complexity index is 517. The number of ether oxygens (including phenoxy) is 2. The Morgan fingerprint density at radius 3 is 2.60 bits per heavy atom. The minimum atomic E-state index is -1.53. The lowest BCUT2D eigenvalue weighted by Crippen LogP contribution is -2.12. The Morgan fingerprint density at radius 1 is 1.45 bits per heavy atom. The van der Waals surface area contributed by atoms with E-state index in [4.69, 9.17) is 14.6 Å². The number of benzene rings is 1. The van der Waals surface area contributed by atoms with Gasteiger partial charge in [-0.05, 0) is 13.8 Å². The van der Waals surface area contributed by atoms with Crippen LogP contribution in [0.25, 0.3) is 0 Å². The second-order valence-corrected chi connectivity index (χ2v) is 4.13. The largest absolute Gasteiger partial charge is 0.484 e. The zero-order valence-electron chi connectivity index (χ0n) is 11.0. The highest BCUT2D eigenvalue weighted by atomic mass is 19.1. The van der Waals surface area contributed by atoms with Gasteiger partial charge in [0.2, 0.25) is 0 Å². The normalized spacial score (nSPS) is 10.6. The monoisotopic (exact) mass is 287 g/mol. The summed E-state index contributed by atoms with van der Waals surface area (Å²) in [7, 11) is 0. The maximum atomic E-state index is 13.4. The van der Waals surface area contributed by atoms with Crippen LogP contribution in [-0.2, 0) is 4.74 Å². The number of nitrogens with zero attached hydrogens (tertiary/aromatic N) is 1. The molecule has 1 aromatic rings. The third-order valence-corrected chi connectivity index (χ3v) is 2.27. The van der Waals surface area contributed by atoms with Gasteiger partial charge in [0.15, 0.2) is 5.75 Å². The van der Waals surface area contributed by atoms with E-state index in [1.807, 2.05) is 13.8 Å². The van der Waals surface area contributed by atoms with E-state index in [2.05, 4.69) is 0 Å². The first-order chi connectivity index (χ1) is 9.32. The van der Waals surface area contributed by atoms with Gasteiger partial charge in [-0.25, -0.2) is 9.18 Å². The Hall–Kier alpha value is -2.22. The minimum Gasteiger partial charge on any atom is -0.484 e. The molecule has 0 saturated heterocycles. The van der Waals surface area contributed by atoms with Crippen molar-refractivity contribution in [3.05, 3.63) is 33.6 Å². The molecule has 0 unspecified atom stereocenters. The molecule has 0 bridgehead atoms. The molecule has 1 N–H and O–H groups in total. The van der Waals surface area contributed by atoms with Crippen LogP contribution in [0.4, 0.5) is 10.1 Å². The van der Waals surface area contributed by atoms with Crippen LogP contribution >= 0.6 is 0 Å². The fourth-order valence-corrected chi connectivity index (χ4v) is 1.40. The van der Waals surface area contributed by atoms with Crippen molar-refractivity contribution in [1.82, 2.24) is 0 Å². The summed E-state index contributed by atoms with van der Waals surface area (Å²) in [5.41, 5.74) is -1.31. The zero-order valence-corrected chi connectivity index (χ0v) is 11.0. The lowest BCUT2D eigenvalue weighted by Gasteiger charge is -2.10. The molecule has 1 rings (SSSR count). The van der Waals surface area contributed by atoms with Crippen molar-refractivity contribution in [2.24, 2.45) is 0 Å². The third-order valence-electron chi connectivity index (χ3n) is 2.27. The molecule has 0 aliphatic rings. The van der Waals surface area contributed by atoms with Crippen LogP contribution in [0.3, 0.4) is 0 Å². The Balaban J connectivity index is 2.93. The van der Waals surface area contributed by atoms with Crippen molar-refractivity contribution in [3.8, 4) is 5.75 Å². The van der Waals surface area contributed by atoms with Gasteiger partial charge in [-0.1, -0.05) is 0 Å². The smallest absolute Gasteiger partial charge is 0.338 e. The van der Waals surface area contributed by atoms with Crippen LogP contribution in [-0.4, -0.2) is 35.3 Å². The van der Waals surface area contributed by atoms with Crippen LogP contribution in [0.5, 0.6) is 5.75 Å². The maximum absolute atomic E-state index is 13.4. The fourth-order valence-electron chi connectivity index (χ4n) is 1.40.